The van der Waals surface area contributed by atoms with Crippen LogP contribution in [0.2, 0.25) is 0 Å². The topological polar surface area (TPSA) is 69.0 Å². The molecular weight excluding hydrogens is 438 g/mol. The zero-order valence-electron chi connectivity index (χ0n) is 16.5. The molecule has 1 amide bonds. The summed E-state index contributed by atoms with van der Waals surface area (Å²) >= 11 is 3.45. The van der Waals surface area contributed by atoms with Crippen molar-refractivity contribution in [3.8, 4) is 22.8 Å². The average molecular weight is 460 g/mol. The van der Waals surface area contributed by atoms with Crippen LogP contribution in [-0.4, -0.2) is 37.6 Å². The number of carbonyl (C=O) groups excluding carboxylic acids is 1. The van der Waals surface area contributed by atoms with Crippen LogP contribution in [0.1, 0.15) is 13.8 Å². The number of halogens is 1. The molecule has 0 aliphatic carbocycles. The van der Waals surface area contributed by atoms with E-state index < -0.39 is 0 Å². The molecule has 152 valence electrons. The Kier molecular flexibility index (Phi) is 6.59. The van der Waals surface area contributed by atoms with E-state index in [4.69, 9.17) is 13.9 Å². The first-order valence-electron chi connectivity index (χ1n) is 9.30. The van der Waals surface area contributed by atoms with Gasteiger partial charge in [0.2, 0.25) is 11.2 Å². The Morgan fingerprint density at radius 1 is 1.14 bits per heavy atom. The lowest BCUT2D eigenvalue weighted by Gasteiger charge is -2.19. The second-order valence-electron chi connectivity index (χ2n) is 6.29. The SMILES string of the molecule is CCN(CC)C(=O)COc1c(-c2ccc(OC)c(Br)c2)oc2ccccc2c1=O. The summed E-state index contributed by atoms with van der Waals surface area (Å²) < 4.78 is 17.7. The zero-order valence-corrected chi connectivity index (χ0v) is 18.1. The monoisotopic (exact) mass is 459 g/mol. The molecule has 0 saturated heterocycles. The van der Waals surface area contributed by atoms with Crippen molar-refractivity contribution in [2.24, 2.45) is 0 Å². The highest BCUT2D eigenvalue weighted by Crippen LogP contribution is 2.35. The fourth-order valence-electron chi connectivity index (χ4n) is 3.06. The van der Waals surface area contributed by atoms with Crippen LogP contribution >= 0.6 is 15.9 Å². The number of carbonyl (C=O) groups is 1. The van der Waals surface area contributed by atoms with Crippen LogP contribution in [0.25, 0.3) is 22.3 Å². The number of likely N-dealkylation sites (N-methyl/N-ethyl adjacent to an activating group) is 1. The largest absolute Gasteiger partial charge is 0.496 e. The Morgan fingerprint density at radius 3 is 2.52 bits per heavy atom. The predicted molar refractivity (Wildman–Crippen MR) is 116 cm³/mol. The van der Waals surface area contributed by atoms with Gasteiger partial charge >= 0.3 is 0 Å². The first-order valence-corrected chi connectivity index (χ1v) is 10.1. The summed E-state index contributed by atoms with van der Waals surface area (Å²) in [7, 11) is 1.57. The van der Waals surface area contributed by atoms with E-state index in [1.165, 1.54) is 0 Å². The van der Waals surface area contributed by atoms with Crippen LogP contribution in [0, 0.1) is 0 Å². The number of benzene rings is 2. The van der Waals surface area contributed by atoms with Gasteiger partial charge in [-0.25, -0.2) is 0 Å². The van der Waals surface area contributed by atoms with Crippen LogP contribution < -0.4 is 14.9 Å². The molecule has 0 fully saturated rings. The van der Waals surface area contributed by atoms with Crippen molar-refractivity contribution < 1.29 is 18.7 Å². The molecule has 1 aromatic heterocycles. The molecule has 6 nitrogen and oxygen atoms in total. The Labute approximate surface area is 177 Å². The van der Waals surface area contributed by atoms with E-state index >= 15 is 0 Å². The molecule has 0 saturated carbocycles. The normalized spacial score (nSPS) is 10.8. The van der Waals surface area contributed by atoms with Crippen molar-refractivity contribution in [3.05, 3.63) is 57.2 Å². The zero-order chi connectivity index (χ0) is 21.0. The van der Waals surface area contributed by atoms with Crippen molar-refractivity contribution >= 4 is 32.8 Å². The number of fused-ring (bicyclic) bond motifs is 1. The number of ether oxygens (including phenoxy) is 2. The molecule has 0 N–H and O–H groups in total. The maximum absolute atomic E-state index is 13.1. The van der Waals surface area contributed by atoms with Gasteiger partial charge in [0.25, 0.3) is 5.91 Å². The minimum Gasteiger partial charge on any atom is -0.496 e. The van der Waals surface area contributed by atoms with Gasteiger partial charge in [0.15, 0.2) is 12.4 Å². The van der Waals surface area contributed by atoms with Gasteiger partial charge in [-0.1, -0.05) is 12.1 Å². The van der Waals surface area contributed by atoms with Gasteiger partial charge in [-0.2, -0.15) is 0 Å². The van der Waals surface area contributed by atoms with Crippen molar-refractivity contribution in [1.82, 2.24) is 4.90 Å². The van der Waals surface area contributed by atoms with Gasteiger partial charge in [0.05, 0.1) is 17.0 Å². The number of hydrogen-bond donors (Lipinski definition) is 0. The Morgan fingerprint density at radius 2 is 1.86 bits per heavy atom. The van der Waals surface area contributed by atoms with E-state index in [2.05, 4.69) is 15.9 Å². The summed E-state index contributed by atoms with van der Waals surface area (Å²) in [5.41, 5.74) is 0.758. The number of methoxy groups -OCH3 is 1. The molecule has 0 radical (unpaired) electrons. The molecule has 0 aliphatic heterocycles. The molecule has 0 unspecified atom stereocenters. The Bertz CT molecular complexity index is 1090. The summed E-state index contributed by atoms with van der Waals surface area (Å²) in [5.74, 6) is 0.742. The molecule has 0 spiro atoms. The van der Waals surface area contributed by atoms with Crippen molar-refractivity contribution in [2.45, 2.75) is 13.8 Å². The van der Waals surface area contributed by atoms with E-state index in [-0.39, 0.29) is 29.5 Å². The summed E-state index contributed by atoms with van der Waals surface area (Å²) in [6.45, 7) is 4.69. The number of hydrogen-bond acceptors (Lipinski definition) is 5. The number of amides is 1. The summed E-state index contributed by atoms with van der Waals surface area (Å²) in [6.07, 6.45) is 0. The molecule has 3 aromatic rings. The van der Waals surface area contributed by atoms with Crippen LogP contribution in [0.5, 0.6) is 11.5 Å². The summed E-state index contributed by atoms with van der Waals surface area (Å²) in [5, 5.41) is 0.397. The lowest BCUT2D eigenvalue weighted by atomic mass is 10.1. The fraction of sp³-hybridized carbons (Fsp3) is 0.273. The number of rotatable bonds is 7. The van der Waals surface area contributed by atoms with E-state index in [9.17, 15) is 9.59 Å². The minimum atomic E-state index is -0.318. The lowest BCUT2D eigenvalue weighted by Crippen LogP contribution is -2.35. The van der Waals surface area contributed by atoms with Crippen molar-refractivity contribution in [3.63, 3.8) is 0 Å². The predicted octanol–water partition coefficient (Wildman–Crippen LogP) is 4.48. The molecule has 3 rings (SSSR count). The van der Waals surface area contributed by atoms with Gasteiger partial charge < -0.3 is 18.8 Å². The molecule has 0 bridgehead atoms. The average Bonchev–Trinajstić information content (AvgIpc) is 2.73. The first kappa shape index (κ1) is 20.9. The minimum absolute atomic E-state index is 0.0151. The molecule has 7 heteroatoms. The summed E-state index contributed by atoms with van der Waals surface area (Å²) in [6, 6.07) is 12.3. The van der Waals surface area contributed by atoms with E-state index in [0.717, 1.165) is 0 Å². The van der Waals surface area contributed by atoms with Gasteiger partial charge in [-0.15, -0.1) is 0 Å². The second-order valence-corrected chi connectivity index (χ2v) is 7.14. The molecule has 0 atom stereocenters. The molecule has 2 aromatic carbocycles. The highest BCUT2D eigenvalue weighted by molar-refractivity contribution is 9.10. The molecule has 0 aliphatic rings. The maximum Gasteiger partial charge on any atom is 0.260 e. The third-order valence-electron chi connectivity index (χ3n) is 4.63. The second kappa shape index (κ2) is 9.13. The highest BCUT2D eigenvalue weighted by Gasteiger charge is 2.20. The van der Waals surface area contributed by atoms with Crippen molar-refractivity contribution in [1.29, 1.82) is 0 Å². The molecule has 1 heterocycles. The van der Waals surface area contributed by atoms with Gasteiger partial charge in [-0.05, 0) is 60.1 Å². The van der Waals surface area contributed by atoms with Gasteiger partial charge in [-0.3, -0.25) is 9.59 Å². The molecule has 29 heavy (non-hydrogen) atoms. The summed E-state index contributed by atoms with van der Waals surface area (Å²) in [4.78, 5) is 27.1. The molecular formula is C22H22BrNO5. The van der Waals surface area contributed by atoms with Gasteiger partial charge in [0, 0.05) is 18.7 Å². The standard InChI is InChI=1S/C22H22BrNO5/c1-4-24(5-2)19(25)13-28-22-20(26)15-8-6-7-9-17(15)29-21(22)14-10-11-18(27-3)16(23)12-14/h6-12H,4-5,13H2,1-3H3. The fourth-order valence-corrected chi connectivity index (χ4v) is 3.60. The smallest absolute Gasteiger partial charge is 0.260 e. The van der Waals surface area contributed by atoms with E-state index in [1.54, 1.807) is 54.5 Å². The van der Waals surface area contributed by atoms with Crippen LogP contribution in [0.3, 0.4) is 0 Å². The Hall–Kier alpha value is -2.80. The maximum atomic E-state index is 13.1. The van der Waals surface area contributed by atoms with Crippen LogP contribution in [-0.2, 0) is 4.79 Å². The van der Waals surface area contributed by atoms with Crippen LogP contribution in [0.4, 0.5) is 0 Å². The highest BCUT2D eigenvalue weighted by atomic mass is 79.9. The number of para-hydroxylation sites is 1. The quantitative estimate of drug-likeness (QED) is 0.520. The third-order valence-corrected chi connectivity index (χ3v) is 5.25. The Balaban J connectivity index is 2.10. The van der Waals surface area contributed by atoms with E-state index in [0.29, 0.717) is 39.8 Å². The van der Waals surface area contributed by atoms with E-state index in [1.807, 2.05) is 13.8 Å². The van der Waals surface area contributed by atoms with Gasteiger partial charge in [0.1, 0.15) is 11.3 Å². The lowest BCUT2D eigenvalue weighted by molar-refractivity contribution is -0.132. The first-order chi connectivity index (χ1) is 14.0. The van der Waals surface area contributed by atoms with Crippen LogP contribution in [0.15, 0.2) is 56.1 Å². The third kappa shape index (κ3) is 4.29. The van der Waals surface area contributed by atoms with Crippen molar-refractivity contribution in [2.75, 3.05) is 26.8 Å². The number of nitrogens with zero attached hydrogens (tertiary/aromatic N) is 1.